The summed E-state index contributed by atoms with van der Waals surface area (Å²) >= 11 is 1.45. The van der Waals surface area contributed by atoms with Crippen molar-refractivity contribution >= 4 is 17.5 Å². The lowest BCUT2D eigenvalue weighted by Gasteiger charge is -2.10. The summed E-state index contributed by atoms with van der Waals surface area (Å²) in [6, 6.07) is 0. The summed E-state index contributed by atoms with van der Waals surface area (Å²) in [4.78, 5) is 20.0. The number of hydrogen-bond donors (Lipinski definition) is 0. The van der Waals surface area contributed by atoms with Gasteiger partial charge in [-0.2, -0.15) is 9.78 Å². The van der Waals surface area contributed by atoms with E-state index in [0.29, 0.717) is 6.42 Å². The summed E-state index contributed by atoms with van der Waals surface area (Å²) in [6.07, 6.45) is 1.56. The molecule has 2 aliphatic rings. The number of ketones is 1. The van der Waals surface area contributed by atoms with Gasteiger partial charge in [-0.3, -0.25) is 4.79 Å². The zero-order valence-electron chi connectivity index (χ0n) is 4.75. The Labute approximate surface area is 56.6 Å². The Morgan fingerprint density at radius 1 is 1.56 bits per heavy atom. The molecule has 9 heavy (non-hydrogen) atoms. The van der Waals surface area contributed by atoms with Gasteiger partial charge < -0.3 is 0 Å². The van der Waals surface area contributed by atoms with Crippen LogP contribution >= 0.6 is 11.8 Å². The molecule has 50 valence electrons. The van der Waals surface area contributed by atoms with Crippen molar-refractivity contribution in [3.8, 4) is 0 Å². The Hall–Kier alpha value is -0.0600. The number of carbonyl (C=O) groups excluding carboxylic acids is 1. The summed E-state index contributed by atoms with van der Waals surface area (Å²) < 4.78 is 0. The quantitative estimate of drug-likeness (QED) is 0.372. The van der Waals surface area contributed by atoms with Crippen LogP contribution in [0.15, 0.2) is 0 Å². The van der Waals surface area contributed by atoms with Crippen LogP contribution in [-0.2, 0) is 14.6 Å². The molecule has 0 aliphatic carbocycles. The van der Waals surface area contributed by atoms with E-state index in [0.717, 1.165) is 12.2 Å². The predicted molar refractivity (Wildman–Crippen MR) is 31.6 cm³/mol. The maximum Gasteiger partial charge on any atom is 0.337 e. The third-order valence-corrected chi connectivity index (χ3v) is 2.65. The van der Waals surface area contributed by atoms with Gasteiger partial charge in [0.1, 0.15) is 0 Å². The minimum absolute atomic E-state index is 0.0822. The monoisotopic (exact) mass is 146 g/mol. The van der Waals surface area contributed by atoms with Gasteiger partial charge in [0.05, 0.1) is 0 Å². The minimum atomic E-state index is -0.835. The maximum absolute atomic E-state index is 10.9. The Morgan fingerprint density at radius 3 is 2.78 bits per heavy atom. The Morgan fingerprint density at radius 2 is 2.33 bits per heavy atom. The Balaban J connectivity index is 2.12. The van der Waals surface area contributed by atoms with Crippen molar-refractivity contribution in [1.29, 1.82) is 0 Å². The van der Waals surface area contributed by atoms with Crippen molar-refractivity contribution in [3.05, 3.63) is 0 Å². The van der Waals surface area contributed by atoms with Crippen LogP contribution in [0.2, 0.25) is 0 Å². The molecule has 2 saturated heterocycles. The molecule has 2 heterocycles. The highest BCUT2D eigenvalue weighted by Crippen LogP contribution is 2.46. The van der Waals surface area contributed by atoms with E-state index < -0.39 is 5.12 Å². The molecule has 0 aromatic carbocycles. The fraction of sp³-hybridized carbons (Fsp3) is 0.800. The van der Waals surface area contributed by atoms with Crippen molar-refractivity contribution in [2.45, 2.75) is 18.0 Å². The molecule has 2 fully saturated rings. The van der Waals surface area contributed by atoms with Gasteiger partial charge in [0, 0.05) is 6.42 Å². The second-order valence-electron chi connectivity index (χ2n) is 2.10. The average molecular weight is 146 g/mol. The molecule has 0 radical (unpaired) electrons. The second-order valence-corrected chi connectivity index (χ2v) is 3.33. The van der Waals surface area contributed by atoms with Crippen LogP contribution in [0, 0.1) is 0 Å². The molecule has 0 aromatic heterocycles. The van der Waals surface area contributed by atoms with E-state index in [1.54, 1.807) is 0 Å². The van der Waals surface area contributed by atoms with Gasteiger partial charge in [0.2, 0.25) is 5.78 Å². The van der Waals surface area contributed by atoms with E-state index in [2.05, 4.69) is 9.78 Å². The van der Waals surface area contributed by atoms with Gasteiger partial charge in [0.15, 0.2) is 0 Å². The number of Topliss-reactive ketones (excluding diaryl/α,β-unsaturated/α-hetero) is 1. The highest BCUT2D eigenvalue weighted by molar-refractivity contribution is 8.01. The molecule has 2 aliphatic heterocycles. The van der Waals surface area contributed by atoms with Gasteiger partial charge in [0.25, 0.3) is 0 Å². The van der Waals surface area contributed by atoms with Crippen molar-refractivity contribution in [1.82, 2.24) is 0 Å². The first-order chi connectivity index (χ1) is 4.33. The van der Waals surface area contributed by atoms with Gasteiger partial charge in [-0.1, -0.05) is 11.8 Å². The van der Waals surface area contributed by atoms with Crippen molar-refractivity contribution in [3.63, 3.8) is 0 Å². The summed E-state index contributed by atoms with van der Waals surface area (Å²) in [5.74, 6) is 1.05. The third-order valence-electron chi connectivity index (χ3n) is 1.42. The van der Waals surface area contributed by atoms with Gasteiger partial charge in [-0.25, -0.2) is 0 Å². The number of hydrogen-bond acceptors (Lipinski definition) is 4. The second kappa shape index (κ2) is 1.71. The van der Waals surface area contributed by atoms with Crippen LogP contribution in [0.3, 0.4) is 0 Å². The smallest absolute Gasteiger partial charge is 0.292 e. The number of carbonyl (C=O) groups is 1. The van der Waals surface area contributed by atoms with Gasteiger partial charge in [-0.05, 0) is 12.2 Å². The Kier molecular flexibility index (Phi) is 1.09. The molecule has 0 atom stereocenters. The van der Waals surface area contributed by atoms with E-state index in [9.17, 15) is 4.79 Å². The van der Waals surface area contributed by atoms with E-state index in [1.165, 1.54) is 11.8 Å². The lowest BCUT2D eigenvalue weighted by molar-refractivity contribution is -0.122. The number of thioether (sulfide) groups is 1. The zero-order valence-corrected chi connectivity index (χ0v) is 5.57. The molecule has 2 rings (SSSR count). The lowest BCUT2D eigenvalue weighted by atomic mass is 10.2. The van der Waals surface area contributed by atoms with Crippen LogP contribution in [0.4, 0.5) is 0 Å². The highest BCUT2D eigenvalue weighted by Gasteiger charge is 2.57. The molecule has 0 N–H and O–H groups in total. The molecular formula is C5H6O3S. The van der Waals surface area contributed by atoms with Crippen LogP contribution in [-0.4, -0.2) is 16.7 Å². The number of rotatable bonds is 0. The fourth-order valence-electron chi connectivity index (χ4n) is 0.852. The fourth-order valence-corrected chi connectivity index (χ4v) is 1.80. The molecule has 1 spiro atoms. The van der Waals surface area contributed by atoms with E-state index in [1.807, 2.05) is 0 Å². The summed E-state index contributed by atoms with van der Waals surface area (Å²) in [5.41, 5.74) is 0. The molecule has 0 unspecified atom stereocenters. The van der Waals surface area contributed by atoms with Crippen molar-refractivity contribution < 1.29 is 14.6 Å². The van der Waals surface area contributed by atoms with Crippen LogP contribution in [0.25, 0.3) is 0 Å². The SMILES string of the molecule is O=C1CCCSC12OO2. The third kappa shape index (κ3) is 0.781. The Bertz CT molecular complexity index is 152. The summed E-state index contributed by atoms with van der Waals surface area (Å²) in [5, 5.41) is -0.835. The standard InChI is InChI=1S/C5H6O3S/c6-4-2-1-3-9-5(4)7-8-5/h1-3H2. The molecule has 0 bridgehead atoms. The van der Waals surface area contributed by atoms with Crippen LogP contribution in [0.5, 0.6) is 0 Å². The zero-order chi connectivity index (χ0) is 6.32. The summed E-state index contributed by atoms with van der Waals surface area (Å²) in [6.45, 7) is 0. The highest BCUT2D eigenvalue weighted by atomic mass is 32.2. The van der Waals surface area contributed by atoms with Crippen molar-refractivity contribution in [2.24, 2.45) is 0 Å². The van der Waals surface area contributed by atoms with E-state index in [4.69, 9.17) is 0 Å². The van der Waals surface area contributed by atoms with Crippen molar-refractivity contribution in [2.75, 3.05) is 5.75 Å². The molecule has 0 saturated carbocycles. The van der Waals surface area contributed by atoms with E-state index >= 15 is 0 Å². The predicted octanol–water partition coefficient (Wildman–Crippen LogP) is 0.698. The maximum atomic E-state index is 10.9. The van der Waals surface area contributed by atoms with Crippen LogP contribution < -0.4 is 0 Å². The van der Waals surface area contributed by atoms with Gasteiger partial charge in [-0.15, -0.1) is 0 Å². The van der Waals surface area contributed by atoms with E-state index in [-0.39, 0.29) is 5.78 Å². The van der Waals surface area contributed by atoms with Crippen LogP contribution in [0.1, 0.15) is 12.8 Å². The minimum Gasteiger partial charge on any atom is -0.292 e. The molecular weight excluding hydrogens is 140 g/mol. The molecule has 4 heteroatoms. The molecule has 3 nitrogen and oxygen atoms in total. The van der Waals surface area contributed by atoms with Gasteiger partial charge >= 0.3 is 5.12 Å². The summed E-state index contributed by atoms with van der Waals surface area (Å²) in [7, 11) is 0. The average Bonchev–Trinajstić information content (AvgIpc) is 2.60. The first kappa shape index (κ1) is 5.70. The topological polar surface area (TPSA) is 42.1 Å². The first-order valence-electron chi connectivity index (χ1n) is 2.88. The normalized spacial score (nSPS) is 30.9. The lowest BCUT2D eigenvalue weighted by Crippen LogP contribution is -2.24. The molecule has 0 amide bonds. The first-order valence-corrected chi connectivity index (χ1v) is 3.86. The largest absolute Gasteiger partial charge is 0.337 e. The molecule has 0 aromatic rings.